The van der Waals surface area contributed by atoms with Crippen LogP contribution < -0.4 is 14.8 Å². The number of hydrogen-bond donors (Lipinski definition) is 1. The summed E-state index contributed by atoms with van der Waals surface area (Å²) in [5.41, 5.74) is 1.82. The summed E-state index contributed by atoms with van der Waals surface area (Å²) >= 11 is 0. The van der Waals surface area contributed by atoms with E-state index >= 15 is 0 Å². The molecule has 8 heteroatoms. The maximum absolute atomic E-state index is 12.4. The van der Waals surface area contributed by atoms with Crippen LogP contribution in [0.2, 0.25) is 0 Å². The van der Waals surface area contributed by atoms with Gasteiger partial charge in [0.25, 0.3) is 0 Å². The lowest BCUT2D eigenvalue weighted by molar-refractivity contribution is -0.121. The van der Waals surface area contributed by atoms with E-state index in [0.717, 1.165) is 15.6 Å². The van der Waals surface area contributed by atoms with Crippen LogP contribution in [0, 0.1) is 6.92 Å². The summed E-state index contributed by atoms with van der Waals surface area (Å²) in [6, 6.07) is 12.2. The van der Waals surface area contributed by atoms with E-state index in [2.05, 4.69) is 5.32 Å². The van der Waals surface area contributed by atoms with Crippen molar-refractivity contribution < 1.29 is 22.7 Å². The number of carbonyl (C=O) groups is 1. The number of benzene rings is 2. The molecule has 0 aliphatic carbocycles. The Morgan fingerprint density at radius 1 is 1.13 bits per heavy atom. The van der Waals surface area contributed by atoms with Gasteiger partial charge in [-0.2, -0.15) is 0 Å². The molecular formula is C22H30N2O5S. The topological polar surface area (TPSA) is 84.9 Å². The fraction of sp³-hybridized carbons (Fsp3) is 0.409. The zero-order chi connectivity index (χ0) is 22.3. The van der Waals surface area contributed by atoms with Crippen LogP contribution in [0.5, 0.6) is 11.5 Å². The SMILES string of the molecule is COc1ccc(S(=O)(=O)N(C)C)cc1CCC(=O)NC(C)COc1ccc(C)cc1. The van der Waals surface area contributed by atoms with Crippen LogP contribution in [0.15, 0.2) is 47.4 Å². The Labute approximate surface area is 179 Å². The van der Waals surface area contributed by atoms with Gasteiger partial charge in [-0.05, 0) is 56.2 Å². The van der Waals surface area contributed by atoms with Gasteiger partial charge in [0.05, 0.1) is 18.0 Å². The minimum absolute atomic E-state index is 0.141. The molecule has 0 saturated carbocycles. The van der Waals surface area contributed by atoms with E-state index in [1.807, 2.05) is 38.1 Å². The molecule has 2 rings (SSSR count). The van der Waals surface area contributed by atoms with E-state index in [-0.39, 0.29) is 23.3 Å². The monoisotopic (exact) mass is 434 g/mol. The lowest BCUT2D eigenvalue weighted by Crippen LogP contribution is -2.36. The van der Waals surface area contributed by atoms with Crippen molar-refractivity contribution in [2.75, 3.05) is 27.8 Å². The molecule has 30 heavy (non-hydrogen) atoms. The van der Waals surface area contributed by atoms with E-state index in [0.29, 0.717) is 24.3 Å². The van der Waals surface area contributed by atoms with Gasteiger partial charge in [0.15, 0.2) is 0 Å². The van der Waals surface area contributed by atoms with Crippen LogP contribution in [-0.2, 0) is 21.2 Å². The highest BCUT2D eigenvalue weighted by Gasteiger charge is 2.19. The lowest BCUT2D eigenvalue weighted by atomic mass is 10.1. The zero-order valence-corrected chi connectivity index (χ0v) is 19.0. The van der Waals surface area contributed by atoms with Crippen LogP contribution >= 0.6 is 0 Å². The maximum Gasteiger partial charge on any atom is 0.242 e. The summed E-state index contributed by atoms with van der Waals surface area (Å²) in [7, 11) is 0.918. The van der Waals surface area contributed by atoms with Gasteiger partial charge < -0.3 is 14.8 Å². The fourth-order valence-corrected chi connectivity index (χ4v) is 3.77. The number of carbonyl (C=O) groups excluding carboxylic acids is 1. The highest BCUT2D eigenvalue weighted by molar-refractivity contribution is 7.89. The first kappa shape index (κ1) is 23.7. The van der Waals surface area contributed by atoms with Crippen LogP contribution in [-0.4, -0.2) is 52.5 Å². The van der Waals surface area contributed by atoms with Crippen LogP contribution in [0.1, 0.15) is 24.5 Å². The standard InChI is InChI=1S/C22H30N2O5S/c1-16-6-9-19(10-7-16)29-15-17(2)23-22(25)13-8-18-14-20(11-12-21(18)28-5)30(26,27)24(3)4/h6-7,9-12,14,17H,8,13,15H2,1-5H3,(H,23,25). The molecule has 0 saturated heterocycles. The van der Waals surface area contributed by atoms with Gasteiger partial charge in [0.1, 0.15) is 18.1 Å². The molecule has 1 N–H and O–H groups in total. The number of sulfonamides is 1. The molecule has 1 unspecified atom stereocenters. The Balaban J connectivity index is 1.93. The Kier molecular flexibility index (Phi) is 8.25. The average Bonchev–Trinajstić information content (AvgIpc) is 2.71. The van der Waals surface area contributed by atoms with Gasteiger partial charge in [0, 0.05) is 20.5 Å². The number of nitrogens with one attached hydrogen (secondary N) is 1. The molecule has 0 aliphatic heterocycles. The summed E-state index contributed by atoms with van der Waals surface area (Å²) in [4.78, 5) is 12.5. The second kappa shape index (κ2) is 10.4. The van der Waals surface area contributed by atoms with E-state index in [1.54, 1.807) is 12.1 Å². The van der Waals surface area contributed by atoms with Crippen molar-refractivity contribution in [2.24, 2.45) is 0 Å². The fourth-order valence-electron chi connectivity index (χ4n) is 2.81. The molecule has 0 spiro atoms. The number of ether oxygens (including phenoxy) is 2. The molecule has 0 fully saturated rings. The summed E-state index contributed by atoms with van der Waals surface area (Å²) in [6.45, 7) is 4.23. The highest BCUT2D eigenvalue weighted by atomic mass is 32.2. The minimum Gasteiger partial charge on any atom is -0.496 e. The molecule has 0 aliphatic rings. The Hall–Kier alpha value is -2.58. The van der Waals surface area contributed by atoms with Crippen molar-refractivity contribution in [3.05, 3.63) is 53.6 Å². The first-order valence-electron chi connectivity index (χ1n) is 9.71. The number of nitrogens with zero attached hydrogens (tertiary/aromatic N) is 1. The third-order valence-corrected chi connectivity index (χ3v) is 6.39. The smallest absolute Gasteiger partial charge is 0.242 e. The van der Waals surface area contributed by atoms with E-state index in [4.69, 9.17) is 9.47 Å². The van der Waals surface area contributed by atoms with Gasteiger partial charge in [-0.1, -0.05) is 17.7 Å². The van der Waals surface area contributed by atoms with Crippen LogP contribution in [0.4, 0.5) is 0 Å². The Morgan fingerprint density at radius 2 is 1.80 bits per heavy atom. The number of amides is 1. The van der Waals surface area contributed by atoms with Crippen LogP contribution in [0.25, 0.3) is 0 Å². The van der Waals surface area contributed by atoms with Gasteiger partial charge in [-0.25, -0.2) is 12.7 Å². The predicted octanol–water partition coefficient (Wildman–Crippen LogP) is 2.77. The summed E-state index contributed by atoms with van der Waals surface area (Å²) in [5.74, 6) is 1.17. The lowest BCUT2D eigenvalue weighted by Gasteiger charge is -2.16. The average molecular weight is 435 g/mol. The van der Waals surface area contributed by atoms with Crippen molar-refractivity contribution in [3.63, 3.8) is 0 Å². The van der Waals surface area contributed by atoms with Crippen molar-refractivity contribution in [2.45, 2.75) is 37.6 Å². The number of methoxy groups -OCH3 is 1. The van der Waals surface area contributed by atoms with Crippen molar-refractivity contribution in [1.82, 2.24) is 9.62 Å². The molecule has 1 amide bonds. The van der Waals surface area contributed by atoms with Gasteiger partial charge >= 0.3 is 0 Å². The quantitative estimate of drug-likeness (QED) is 0.622. The number of aryl methyl sites for hydroxylation is 2. The summed E-state index contributed by atoms with van der Waals surface area (Å²) in [5, 5.41) is 2.90. The molecule has 0 bridgehead atoms. The number of hydrogen-bond acceptors (Lipinski definition) is 5. The highest BCUT2D eigenvalue weighted by Crippen LogP contribution is 2.25. The predicted molar refractivity (Wildman–Crippen MR) is 116 cm³/mol. The molecule has 7 nitrogen and oxygen atoms in total. The van der Waals surface area contributed by atoms with E-state index in [9.17, 15) is 13.2 Å². The molecular weight excluding hydrogens is 404 g/mol. The Bertz CT molecular complexity index is 956. The third kappa shape index (κ3) is 6.47. The molecule has 2 aromatic rings. The Morgan fingerprint density at radius 3 is 2.40 bits per heavy atom. The van der Waals surface area contributed by atoms with Crippen molar-refractivity contribution in [3.8, 4) is 11.5 Å². The summed E-state index contributed by atoms with van der Waals surface area (Å²) in [6.07, 6.45) is 0.564. The summed E-state index contributed by atoms with van der Waals surface area (Å²) < 4.78 is 36.9. The van der Waals surface area contributed by atoms with Crippen molar-refractivity contribution >= 4 is 15.9 Å². The molecule has 2 aromatic carbocycles. The first-order valence-corrected chi connectivity index (χ1v) is 11.2. The molecule has 0 radical (unpaired) electrons. The van der Waals surface area contributed by atoms with Gasteiger partial charge in [-0.3, -0.25) is 4.79 Å². The van der Waals surface area contributed by atoms with Crippen molar-refractivity contribution in [1.29, 1.82) is 0 Å². The number of rotatable bonds is 10. The van der Waals surface area contributed by atoms with Gasteiger partial charge in [-0.15, -0.1) is 0 Å². The molecule has 0 aromatic heterocycles. The first-order chi connectivity index (χ1) is 14.1. The second-order valence-electron chi connectivity index (χ2n) is 7.35. The molecule has 0 heterocycles. The van der Waals surface area contributed by atoms with E-state index < -0.39 is 10.0 Å². The van der Waals surface area contributed by atoms with Gasteiger partial charge in [0.2, 0.25) is 15.9 Å². The molecule has 1 atom stereocenters. The minimum atomic E-state index is -3.56. The third-order valence-electron chi connectivity index (χ3n) is 4.58. The maximum atomic E-state index is 12.4. The normalized spacial score (nSPS) is 12.5. The molecule has 164 valence electrons. The zero-order valence-electron chi connectivity index (χ0n) is 18.1. The largest absolute Gasteiger partial charge is 0.496 e. The second-order valence-corrected chi connectivity index (χ2v) is 9.51. The van der Waals surface area contributed by atoms with E-state index in [1.165, 1.54) is 27.3 Å². The van der Waals surface area contributed by atoms with Crippen LogP contribution in [0.3, 0.4) is 0 Å².